The van der Waals surface area contributed by atoms with Crippen LogP contribution in [0.15, 0.2) is 91.0 Å². The number of carbonyl (C=O) groups is 1. The second kappa shape index (κ2) is 8.83. The first kappa shape index (κ1) is 19.1. The molecule has 0 aliphatic heterocycles. The Morgan fingerprint density at radius 1 is 0.815 bits per heavy atom. The Labute approximate surface area is 162 Å². The predicted molar refractivity (Wildman–Crippen MR) is 114 cm³/mol. The van der Waals surface area contributed by atoms with Crippen LogP contribution in [0.4, 0.5) is 0 Å². The molecule has 0 radical (unpaired) electrons. The zero-order valence-electron chi connectivity index (χ0n) is 16.0. The minimum absolute atomic E-state index is 0.135. The van der Waals surface area contributed by atoms with Crippen molar-refractivity contribution in [3.63, 3.8) is 0 Å². The van der Waals surface area contributed by atoms with E-state index in [2.05, 4.69) is 49.5 Å². The number of hydrogen-bond acceptors (Lipinski definition) is 2. The molecule has 0 saturated heterocycles. The van der Waals surface area contributed by atoms with E-state index in [0.29, 0.717) is 13.0 Å². The fourth-order valence-electron chi connectivity index (χ4n) is 3.51. The van der Waals surface area contributed by atoms with E-state index in [-0.39, 0.29) is 11.5 Å². The molecule has 0 fully saturated rings. The van der Waals surface area contributed by atoms with E-state index in [1.54, 1.807) is 0 Å². The SMILES string of the molecule is C[Si](C)(c1ccccc1)[C@H](CC(=O)OCc1ccccc1)c1ccccc1. The Morgan fingerprint density at radius 2 is 1.33 bits per heavy atom. The van der Waals surface area contributed by atoms with Gasteiger partial charge in [-0.3, -0.25) is 4.79 Å². The fourth-order valence-corrected chi connectivity index (χ4v) is 6.66. The Kier molecular flexibility index (Phi) is 6.25. The molecule has 27 heavy (non-hydrogen) atoms. The third-order valence-electron chi connectivity index (χ3n) is 5.20. The molecular formula is C24H26O2Si. The van der Waals surface area contributed by atoms with Gasteiger partial charge in [-0.15, -0.1) is 0 Å². The maximum Gasteiger partial charge on any atom is 0.306 e. The van der Waals surface area contributed by atoms with Crippen molar-refractivity contribution in [1.29, 1.82) is 0 Å². The van der Waals surface area contributed by atoms with Crippen LogP contribution in [0.3, 0.4) is 0 Å². The Hall–Kier alpha value is -2.65. The zero-order chi connectivity index (χ0) is 19.1. The summed E-state index contributed by atoms with van der Waals surface area (Å²) < 4.78 is 5.59. The second-order valence-electron chi connectivity index (χ2n) is 7.40. The number of rotatable bonds is 7. The van der Waals surface area contributed by atoms with Gasteiger partial charge in [-0.1, -0.05) is 109 Å². The molecule has 1 atom stereocenters. The van der Waals surface area contributed by atoms with Crippen LogP contribution >= 0.6 is 0 Å². The van der Waals surface area contributed by atoms with Gasteiger partial charge in [0.1, 0.15) is 6.61 Å². The maximum atomic E-state index is 12.7. The van der Waals surface area contributed by atoms with Crippen LogP contribution in [-0.2, 0) is 16.1 Å². The molecule has 3 heteroatoms. The minimum Gasteiger partial charge on any atom is -0.461 e. The number of esters is 1. The van der Waals surface area contributed by atoms with E-state index in [4.69, 9.17) is 4.74 Å². The largest absolute Gasteiger partial charge is 0.461 e. The highest BCUT2D eigenvalue weighted by Gasteiger charge is 2.36. The van der Waals surface area contributed by atoms with E-state index in [1.165, 1.54) is 10.8 Å². The van der Waals surface area contributed by atoms with Gasteiger partial charge in [-0.05, 0) is 16.7 Å². The van der Waals surface area contributed by atoms with Crippen molar-refractivity contribution in [2.24, 2.45) is 0 Å². The monoisotopic (exact) mass is 374 g/mol. The molecule has 2 nitrogen and oxygen atoms in total. The first-order valence-corrected chi connectivity index (χ1v) is 12.4. The van der Waals surface area contributed by atoms with Gasteiger partial charge in [-0.25, -0.2) is 0 Å². The van der Waals surface area contributed by atoms with Crippen LogP contribution in [0.1, 0.15) is 23.1 Å². The first-order chi connectivity index (χ1) is 13.1. The van der Waals surface area contributed by atoms with E-state index in [0.717, 1.165) is 5.56 Å². The van der Waals surface area contributed by atoms with Crippen LogP contribution in [0.25, 0.3) is 0 Å². The molecule has 0 bridgehead atoms. The maximum absolute atomic E-state index is 12.7. The molecule has 138 valence electrons. The Bertz CT molecular complexity index is 845. The molecule has 0 spiro atoms. The van der Waals surface area contributed by atoms with Gasteiger partial charge in [0, 0.05) is 0 Å². The van der Waals surface area contributed by atoms with Crippen molar-refractivity contribution < 1.29 is 9.53 Å². The van der Waals surface area contributed by atoms with E-state index in [9.17, 15) is 4.79 Å². The standard InChI is InChI=1S/C24H26O2Si/c1-27(2,22-16-10-5-11-17-22)23(21-14-8-4-9-15-21)18-24(25)26-19-20-12-6-3-7-13-20/h3-17,23H,18-19H2,1-2H3/t23-/m1/s1. The summed E-state index contributed by atoms with van der Waals surface area (Å²) in [6.45, 7) is 5.00. The molecule has 3 aromatic rings. The number of ether oxygens (including phenoxy) is 1. The first-order valence-electron chi connectivity index (χ1n) is 9.37. The lowest BCUT2D eigenvalue weighted by Crippen LogP contribution is -2.48. The van der Waals surface area contributed by atoms with Gasteiger partial charge in [0.25, 0.3) is 0 Å². The van der Waals surface area contributed by atoms with Crippen molar-refractivity contribution in [2.75, 3.05) is 0 Å². The van der Waals surface area contributed by atoms with Crippen LogP contribution < -0.4 is 5.19 Å². The lowest BCUT2D eigenvalue weighted by Gasteiger charge is -2.33. The van der Waals surface area contributed by atoms with Gasteiger partial charge in [0.15, 0.2) is 0 Å². The zero-order valence-corrected chi connectivity index (χ0v) is 17.0. The summed E-state index contributed by atoms with van der Waals surface area (Å²) in [5.74, 6) is -0.135. The van der Waals surface area contributed by atoms with Crippen molar-refractivity contribution in [1.82, 2.24) is 0 Å². The van der Waals surface area contributed by atoms with Gasteiger partial charge < -0.3 is 4.74 Å². The van der Waals surface area contributed by atoms with Gasteiger partial charge in [-0.2, -0.15) is 0 Å². The highest BCUT2D eigenvalue weighted by atomic mass is 28.3. The fraction of sp³-hybridized carbons (Fsp3) is 0.208. The van der Waals surface area contributed by atoms with Crippen molar-refractivity contribution in [3.8, 4) is 0 Å². The molecule has 3 aromatic carbocycles. The topological polar surface area (TPSA) is 26.3 Å². The summed E-state index contributed by atoms with van der Waals surface area (Å²) >= 11 is 0. The molecule has 3 rings (SSSR count). The molecular weight excluding hydrogens is 348 g/mol. The van der Waals surface area contributed by atoms with Gasteiger partial charge in [0.05, 0.1) is 14.5 Å². The summed E-state index contributed by atoms with van der Waals surface area (Å²) in [6, 6.07) is 30.8. The lowest BCUT2D eigenvalue weighted by atomic mass is 10.1. The predicted octanol–water partition coefficient (Wildman–Crippen LogP) is 5.06. The van der Waals surface area contributed by atoms with Crippen molar-refractivity contribution in [2.45, 2.75) is 31.7 Å². The van der Waals surface area contributed by atoms with Crippen molar-refractivity contribution >= 4 is 19.2 Å². The van der Waals surface area contributed by atoms with Crippen molar-refractivity contribution in [3.05, 3.63) is 102 Å². The normalized spacial score (nSPS) is 12.4. The smallest absolute Gasteiger partial charge is 0.306 e. The molecule has 0 saturated carbocycles. The number of hydrogen-bond donors (Lipinski definition) is 0. The third-order valence-corrected chi connectivity index (χ3v) is 9.31. The summed E-state index contributed by atoms with van der Waals surface area (Å²) in [4.78, 5) is 12.7. The van der Waals surface area contributed by atoms with Crippen LogP contribution in [-0.4, -0.2) is 14.0 Å². The summed E-state index contributed by atoms with van der Waals surface area (Å²) in [6.07, 6.45) is 0.408. The van der Waals surface area contributed by atoms with Gasteiger partial charge >= 0.3 is 5.97 Å². The quantitative estimate of drug-likeness (QED) is 0.427. The summed E-state index contributed by atoms with van der Waals surface area (Å²) in [5.41, 5.74) is 2.40. The Morgan fingerprint density at radius 3 is 1.93 bits per heavy atom. The third kappa shape index (κ3) is 4.95. The lowest BCUT2D eigenvalue weighted by molar-refractivity contribution is -0.145. The molecule has 0 unspecified atom stereocenters. The highest BCUT2D eigenvalue weighted by Crippen LogP contribution is 2.30. The summed E-state index contributed by atoms with van der Waals surface area (Å²) in [7, 11) is -1.92. The second-order valence-corrected chi connectivity index (χ2v) is 12.1. The molecule has 0 N–H and O–H groups in total. The molecule has 0 aromatic heterocycles. The average Bonchev–Trinajstić information content (AvgIpc) is 2.72. The molecule has 0 heterocycles. The minimum atomic E-state index is -1.92. The molecule has 0 aliphatic rings. The summed E-state index contributed by atoms with van der Waals surface area (Å²) in [5, 5.41) is 1.36. The van der Waals surface area contributed by atoms with Crippen LogP contribution in [0.5, 0.6) is 0 Å². The van der Waals surface area contributed by atoms with E-state index < -0.39 is 8.07 Å². The molecule has 0 amide bonds. The number of benzene rings is 3. The van der Waals surface area contributed by atoms with Gasteiger partial charge in [0.2, 0.25) is 0 Å². The Balaban J connectivity index is 1.79. The van der Waals surface area contributed by atoms with Crippen LogP contribution in [0, 0.1) is 0 Å². The van der Waals surface area contributed by atoms with E-state index >= 15 is 0 Å². The highest BCUT2D eigenvalue weighted by molar-refractivity contribution is 6.91. The van der Waals surface area contributed by atoms with E-state index in [1.807, 2.05) is 54.6 Å². The number of carbonyl (C=O) groups excluding carboxylic acids is 1. The average molecular weight is 375 g/mol. The molecule has 0 aliphatic carbocycles. The van der Waals surface area contributed by atoms with Crippen LogP contribution in [0.2, 0.25) is 13.1 Å².